The fourth-order valence-corrected chi connectivity index (χ4v) is 5.09. The molecule has 0 spiro atoms. The van der Waals surface area contributed by atoms with E-state index >= 15 is 0 Å². The van der Waals surface area contributed by atoms with Crippen molar-refractivity contribution in [1.82, 2.24) is 0 Å². The van der Waals surface area contributed by atoms with Crippen LogP contribution in [0.1, 0.15) is 89.0 Å². The summed E-state index contributed by atoms with van der Waals surface area (Å²) in [4.78, 5) is 0. The zero-order chi connectivity index (χ0) is 15.2. The van der Waals surface area contributed by atoms with Crippen LogP contribution >= 0.6 is 0 Å². The van der Waals surface area contributed by atoms with Crippen molar-refractivity contribution >= 4 is 0 Å². The fourth-order valence-electron chi connectivity index (χ4n) is 5.09. The summed E-state index contributed by atoms with van der Waals surface area (Å²) in [6.45, 7) is 2.33. The highest BCUT2D eigenvalue weighted by molar-refractivity contribution is 5.19. The van der Waals surface area contributed by atoms with Crippen LogP contribution in [0.15, 0.2) is 30.3 Å². The van der Waals surface area contributed by atoms with Crippen LogP contribution in [0.25, 0.3) is 0 Å². The molecule has 0 heterocycles. The monoisotopic (exact) mass is 298 g/mol. The summed E-state index contributed by atoms with van der Waals surface area (Å²) in [6, 6.07) is 11.2. The van der Waals surface area contributed by atoms with Crippen LogP contribution in [0, 0.1) is 17.8 Å². The first-order valence-electron chi connectivity index (χ1n) is 9.91. The SMILES string of the molecule is CCCC[C@H]1CC[C@H]([C@H]2CC[C@H](c3ccccc3)CC2)CC1. The molecule has 22 heavy (non-hydrogen) atoms. The Morgan fingerprint density at radius 2 is 1.36 bits per heavy atom. The molecule has 0 atom stereocenters. The van der Waals surface area contributed by atoms with Gasteiger partial charge in [-0.1, -0.05) is 69.4 Å². The van der Waals surface area contributed by atoms with Gasteiger partial charge in [-0.3, -0.25) is 0 Å². The molecule has 2 fully saturated rings. The summed E-state index contributed by atoms with van der Waals surface area (Å²) in [5, 5.41) is 0. The van der Waals surface area contributed by atoms with E-state index in [1.807, 2.05) is 0 Å². The summed E-state index contributed by atoms with van der Waals surface area (Å²) in [5.41, 5.74) is 1.59. The van der Waals surface area contributed by atoms with Gasteiger partial charge >= 0.3 is 0 Å². The Labute approximate surface area is 137 Å². The molecular formula is C22H34. The van der Waals surface area contributed by atoms with Gasteiger partial charge in [0.15, 0.2) is 0 Å². The van der Waals surface area contributed by atoms with Gasteiger partial charge in [0.2, 0.25) is 0 Å². The lowest BCUT2D eigenvalue weighted by Crippen LogP contribution is -2.25. The lowest BCUT2D eigenvalue weighted by Gasteiger charge is -2.38. The van der Waals surface area contributed by atoms with E-state index in [-0.39, 0.29) is 0 Å². The largest absolute Gasteiger partial charge is 0.0654 e. The third-order valence-corrected chi connectivity index (χ3v) is 6.57. The Kier molecular flexibility index (Phi) is 5.98. The average molecular weight is 299 g/mol. The zero-order valence-electron chi connectivity index (χ0n) is 14.5. The summed E-state index contributed by atoms with van der Waals surface area (Å²) < 4.78 is 0. The van der Waals surface area contributed by atoms with Crippen LogP contribution in [0.4, 0.5) is 0 Å². The highest BCUT2D eigenvalue weighted by Crippen LogP contribution is 2.44. The van der Waals surface area contributed by atoms with Gasteiger partial charge < -0.3 is 0 Å². The maximum atomic E-state index is 2.34. The topological polar surface area (TPSA) is 0 Å². The van der Waals surface area contributed by atoms with Crippen LogP contribution in [-0.4, -0.2) is 0 Å². The minimum atomic E-state index is 0.846. The van der Waals surface area contributed by atoms with E-state index < -0.39 is 0 Å². The van der Waals surface area contributed by atoms with Crippen molar-refractivity contribution in [2.75, 3.05) is 0 Å². The Bertz CT molecular complexity index is 405. The van der Waals surface area contributed by atoms with Gasteiger partial charge in [-0.2, -0.15) is 0 Å². The summed E-state index contributed by atoms with van der Waals surface area (Å²) in [5.74, 6) is 4.02. The number of unbranched alkanes of at least 4 members (excludes halogenated alkanes) is 1. The van der Waals surface area contributed by atoms with Gasteiger partial charge in [-0.25, -0.2) is 0 Å². The van der Waals surface area contributed by atoms with Crippen molar-refractivity contribution in [3.8, 4) is 0 Å². The number of hydrogen-bond donors (Lipinski definition) is 0. The number of benzene rings is 1. The van der Waals surface area contributed by atoms with Crippen LogP contribution in [0.2, 0.25) is 0 Å². The van der Waals surface area contributed by atoms with E-state index in [1.165, 1.54) is 70.6 Å². The van der Waals surface area contributed by atoms with E-state index in [2.05, 4.69) is 37.3 Å². The maximum Gasteiger partial charge on any atom is -0.0162 e. The predicted octanol–water partition coefficient (Wildman–Crippen LogP) is 6.96. The van der Waals surface area contributed by atoms with Crippen molar-refractivity contribution in [1.29, 1.82) is 0 Å². The third kappa shape index (κ3) is 4.15. The smallest absolute Gasteiger partial charge is 0.0162 e. The first-order chi connectivity index (χ1) is 10.9. The highest BCUT2D eigenvalue weighted by atomic mass is 14.4. The van der Waals surface area contributed by atoms with Crippen LogP contribution in [0.5, 0.6) is 0 Å². The van der Waals surface area contributed by atoms with E-state index in [0.29, 0.717) is 0 Å². The molecule has 2 aliphatic carbocycles. The molecule has 1 aromatic carbocycles. The molecule has 3 rings (SSSR count). The molecular weight excluding hydrogens is 264 g/mol. The molecule has 0 radical (unpaired) electrons. The second-order valence-corrected chi connectivity index (χ2v) is 7.95. The Morgan fingerprint density at radius 1 is 0.773 bits per heavy atom. The zero-order valence-corrected chi connectivity index (χ0v) is 14.5. The minimum absolute atomic E-state index is 0.846. The van der Waals surface area contributed by atoms with Gasteiger partial charge in [0.05, 0.1) is 0 Å². The molecule has 2 aliphatic rings. The van der Waals surface area contributed by atoms with Crippen molar-refractivity contribution < 1.29 is 0 Å². The normalized spacial score (nSPS) is 32.8. The second kappa shape index (κ2) is 8.18. The van der Waals surface area contributed by atoms with Crippen molar-refractivity contribution in [3.05, 3.63) is 35.9 Å². The molecule has 0 aromatic heterocycles. The van der Waals surface area contributed by atoms with E-state index in [4.69, 9.17) is 0 Å². The molecule has 0 bridgehead atoms. The number of rotatable bonds is 5. The Morgan fingerprint density at radius 3 is 1.95 bits per heavy atom. The molecule has 0 aliphatic heterocycles. The molecule has 1 aromatic rings. The molecule has 0 nitrogen and oxygen atoms in total. The molecule has 122 valence electrons. The van der Waals surface area contributed by atoms with Crippen LogP contribution < -0.4 is 0 Å². The van der Waals surface area contributed by atoms with Gasteiger partial charge in [0.1, 0.15) is 0 Å². The van der Waals surface area contributed by atoms with E-state index in [0.717, 1.165) is 23.7 Å². The quantitative estimate of drug-likeness (QED) is 0.551. The van der Waals surface area contributed by atoms with Crippen LogP contribution in [-0.2, 0) is 0 Å². The summed E-state index contributed by atoms with van der Waals surface area (Å²) in [6.07, 6.45) is 16.3. The molecule has 0 N–H and O–H groups in total. The summed E-state index contributed by atoms with van der Waals surface area (Å²) in [7, 11) is 0. The van der Waals surface area contributed by atoms with Crippen molar-refractivity contribution in [3.63, 3.8) is 0 Å². The fraction of sp³-hybridized carbons (Fsp3) is 0.727. The van der Waals surface area contributed by atoms with Gasteiger partial charge in [0.25, 0.3) is 0 Å². The number of hydrogen-bond acceptors (Lipinski definition) is 0. The summed E-state index contributed by atoms with van der Waals surface area (Å²) >= 11 is 0. The average Bonchev–Trinajstić information content (AvgIpc) is 2.61. The standard InChI is InChI=1S/C22H34/c1-2-3-7-18-10-12-20(13-11-18)22-16-14-21(15-17-22)19-8-5-4-6-9-19/h4-6,8-9,18,20-22H,2-3,7,10-17H2,1H3/t18-,20-,21-,22-. The minimum Gasteiger partial charge on any atom is -0.0654 e. The molecule has 2 saturated carbocycles. The van der Waals surface area contributed by atoms with Crippen LogP contribution in [0.3, 0.4) is 0 Å². The van der Waals surface area contributed by atoms with Crippen molar-refractivity contribution in [2.45, 2.75) is 83.5 Å². The predicted molar refractivity (Wildman–Crippen MR) is 96.1 cm³/mol. The lowest BCUT2D eigenvalue weighted by atomic mass is 9.68. The Balaban J connectivity index is 1.43. The molecule has 0 heteroatoms. The molecule has 0 saturated heterocycles. The van der Waals surface area contributed by atoms with Gasteiger partial charge in [0, 0.05) is 0 Å². The van der Waals surface area contributed by atoms with Gasteiger partial charge in [-0.05, 0) is 67.8 Å². The maximum absolute atomic E-state index is 2.34. The first-order valence-corrected chi connectivity index (χ1v) is 9.91. The van der Waals surface area contributed by atoms with Gasteiger partial charge in [-0.15, -0.1) is 0 Å². The second-order valence-electron chi connectivity index (χ2n) is 7.95. The molecule has 0 unspecified atom stereocenters. The molecule has 0 amide bonds. The Hall–Kier alpha value is -0.780. The van der Waals surface area contributed by atoms with E-state index in [9.17, 15) is 0 Å². The highest BCUT2D eigenvalue weighted by Gasteiger charge is 2.30. The lowest BCUT2D eigenvalue weighted by molar-refractivity contribution is 0.156. The van der Waals surface area contributed by atoms with E-state index in [1.54, 1.807) is 5.56 Å². The first kappa shape index (κ1) is 16.1. The van der Waals surface area contributed by atoms with Crippen molar-refractivity contribution in [2.24, 2.45) is 17.8 Å². The third-order valence-electron chi connectivity index (χ3n) is 6.57.